The van der Waals surface area contributed by atoms with Crippen molar-refractivity contribution >= 4 is 32.7 Å². The van der Waals surface area contributed by atoms with Gasteiger partial charge in [-0.25, -0.2) is 18.1 Å². The van der Waals surface area contributed by atoms with Crippen LogP contribution in [0, 0.1) is 0 Å². The maximum atomic E-state index is 12.5. The van der Waals surface area contributed by atoms with Gasteiger partial charge in [-0.05, 0) is 18.9 Å². The van der Waals surface area contributed by atoms with E-state index in [0.29, 0.717) is 4.21 Å². The molecule has 1 saturated carbocycles. The normalized spacial score (nSPS) is 17.0. The summed E-state index contributed by atoms with van der Waals surface area (Å²) >= 11 is 2.83. The van der Waals surface area contributed by atoms with Gasteiger partial charge in [0, 0.05) is 27.8 Å². The van der Waals surface area contributed by atoms with E-state index < -0.39 is 10.0 Å². The van der Waals surface area contributed by atoms with Gasteiger partial charge in [-0.1, -0.05) is 33.6 Å². The number of nitrogens with one attached hydrogen (secondary N) is 1. The van der Waals surface area contributed by atoms with E-state index in [2.05, 4.69) is 35.9 Å². The van der Waals surface area contributed by atoms with Crippen molar-refractivity contribution in [1.29, 1.82) is 0 Å². The fourth-order valence-electron chi connectivity index (χ4n) is 2.64. The zero-order chi connectivity index (χ0) is 16.7. The topological polar surface area (TPSA) is 59.1 Å². The average molecular weight is 371 g/mol. The van der Waals surface area contributed by atoms with Crippen LogP contribution in [0.15, 0.2) is 21.0 Å². The summed E-state index contributed by atoms with van der Waals surface area (Å²) in [5.41, 5.74) is 1.93. The molecule has 3 rings (SSSR count). The van der Waals surface area contributed by atoms with Crippen molar-refractivity contribution in [1.82, 2.24) is 9.71 Å². The van der Waals surface area contributed by atoms with Crippen molar-refractivity contribution in [2.45, 2.75) is 62.1 Å². The molecule has 2 aromatic rings. The Kier molecular flexibility index (Phi) is 4.66. The second-order valence-electron chi connectivity index (χ2n) is 7.04. The molecule has 0 radical (unpaired) electrons. The van der Waals surface area contributed by atoms with Gasteiger partial charge in [0.1, 0.15) is 9.22 Å². The van der Waals surface area contributed by atoms with E-state index in [9.17, 15) is 8.42 Å². The molecule has 126 valence electrons. The number of thiophene rings is 1. The largest absolute Gasteiger partial charge is 0.250 e. The van der Waals surface area contributed by atoms with Gasteiger partial charge in [-0.2, -0.15) is 0 Å². The molecule has 2 heterocycles. The molecule has 0 spiro atoms. The highest BCUT2D eigenvalue weighted by molar-refractivity contribution is 7.91. The fourth-order valence-corrected chi connectivity index (χ4v) is 6.24. The Hall–Kier alpha value is -0.760. The lowest BCUT2D eigenvalue weighted by Gasteiger charge is -2.14. The molecule has 0 unspecified atom stereocenters. The Balaban J connectivity index is 1.81. The van der Waals surface area contributed by atoms with E-state index in [0.717, 1.165) is 41.9 Å². The van der Waals surface area contributed by atoms with Crippen LogP contribution in [0.25, 0.3) is 10.6 Å². The van der Waals surface area contributed by atoms with Crippen molar-refractivity contribution in [2.24, 2.45) is 0 Å². The monoisotopic (exact) mass is 370 g/mol. The van der Waals surface area contributed by atoms with Crippen LogP contribution in [0.3, 0.4) is 0 Å². The quantitative estimate of drug-likeness (QED) is 0.868. The molecular formula is C16H22N2O2S3. The van der Waals surface area contributed by atoms with Crippen LogP contribution in [0.1, 0.15) is 52.1 Å². The van der Waals surface area contributed by atoms with Crippen LogP contribution in [-0.4, -0.2) is 19.4 Å². The van der Waals surface area contributed by atoms with Gasteiger partial charge in [0.15, 0.2) is 0 Å². The molecule has 0 saturated heterocycles. The van der Waals surface area contributed by atoms with Crippen molar-refractivity contribution in [2.75, 3.05) is 0 Å². The predicted octanol–water partition coefficient (Wildman–Crippen LogP) is 4.39. The zero-order valence-electron chi connectivity index (χ0n) is 13.6. The van der Waals surface area contributed by atoms with E-state index in [-0.39, 0.29) is 11.5 Å². The Morgan fingerprint density at radius 3 is 2.48 bits per heavy atom. The molecule has 1 fully saturated rings. The summed E-state index contributed by atoms with van der Waals surface area (Å²) in [4.78, 5) is 4.66. The molecule has 1 N–H and O–H groups in total. The maximum Gasteiger partial charge on any atom is 0.250 e. The highest BCUT2D eigenvalue weighted by Gasteiger charge is 2.25. The molecule has 0 amide bonds. The minimum absolute atomic E-state index is 0.00368. The highest BCUT2D eigenvalue weighted by atomic mass is 32.2. The first kappa shape index (κ1) is 17.1. The lowest BCUT2D eigenvalue weighted by molar-refractivity contribution is 0.554. The number of hydrogen-bond acceptors (Lipinski definition) is 5. The average Bonchev–Trinajstić information content (AvgIpc) is 3.18. The van der Waals surface area contributed by atoms with Crippen LogP contribution in [0.4, 0.5) is 0 Å². The number of hydrogen-bond donors (Lipinski definition) is 1. The molecule has 23 heavy (non-hydrogen) atoms. The summed E-state index contributed by atoms with van der Waals surface area (Å²) in [6, 6.07) is 1.84. The Bertz CT molecular complexity index is 778. The van der Waals surface area contributed by atoms with Crippen molar-refractivity contribution in [3.8, 4) is 10.6 Å². The summed E-state index contributed by atoms with van der Waals surface area (Å²) in [7, 11) is -3.41. The smallest absolute Gasteiger partial charge is 0.241 e. The minimum atomic E-state index is -3.41. The number of thiazole rings is 1. The van der Waals surface area contributed by atoms with Gasteiger partial charge in [0.25, 0.3) is 0 Å². The van der Waals surface area contributed by atoms with Crippen molar-refractivity contribution < 1.29 is 8.42 Å². The van der Waals surface area contributed by atoms with E-state index in [1.165, 1.54) is 11.3 Å². The zero-order valence-corrected chi connectivity index (χ0v) is 16.1. The van der Waals surface area contributed by atoms with Gasteiger partial charge >= 0.3 is 0 Å². The standard InChI is InChI=1S/C16H22N2O2S3/c1-16(2,3)13-10-22-15(17-13)11-8-14(21-9-11)23(19,20)18-12-6-4-5-7-12/h8-10,12,18H,4-7H2,1-3H3. The van der Waals surface area contributed by atoms with Crippen LogP contribution in [0.5, 0.6) is 0 Å². The maximum absolute atomic E-state index is 12.5. The van der Waals surface area contributed by atoms with Gasteiger partial charge in [-0.3, -0.25) is 0 Å². The summed E-state index contributed by atoms with van der Waals surface area (Å²) in [5, 5.41) is 4.82. The molecule has 0 aromatic carbocycles. The molecular weight excluding hydrogens is 348 g/mol. The first-order valence-electron chi connectivity index (χ1n) is 7.83. The number of rotatable bonds is 4. The summed E-state index contributed by atoms with van der Waals surface area (Å²) in [5.74, 6) is 0. The summed E-state index contributed by atoms with van der Waals surface area (Å²) in [6.45, 7) is 6.38. The molecule has 7 heteroatoms. The van der Waals surface area contributed by atoms with Crippen LogP contribution in [-0.2, 0) is 15.4 Å². The molecule has 1 aliphatic rings. The van der Waals surface area contributed by atoms with Crippen molar-refractivity contribution in [3.63, 3.8) is 0 Å². The Morgan fingerprint density at radius 1 is 1.17 bits per heavy atom. The van der Waals surface area contributed by atoms with E-state index in [4.69, 9.17) is 0 Å². The Labute approximate surface area is 146 Å². The fraction of sp³-hybridized carbons (Fsp3) is 0.562. The lowest BCUT2D eigenvalue weighted by atomic mass is 9.93. The van der Waals surface area contributed by atoms with Crippen LogP contribution in [0.2, 0.25) is 0 Å². The number of aromatic nitrogens is 1. The molecule has 0 aliphatic heterocycles. The minimum Gasteiger partial charge on any atom is -0.241 e. The number of nitrogens with zero attached hydrogens (tertiary/aromatic N) is 1. The Morgan fingerprint density at radius 2 is 1.87 bits per heavy atom. The predicted molar refractivity (Wildman–Crippen MR) is 96.7 cm³/mol. The first-order valence-corrected chi connectivity index (χ1v) is 11.1. The third-order valence-corrected chi connectivity index (χ3v) is 7.89. The summed E-state index contributed by atoms with van der Waals surface area (Å²) in [6.07, 6.45) is 4.10. The van der Waals surface area contributed by atoms with Gasteiger partial charge in [-0.15, -0.1) is 22.7 Å². The SMILES string of the molecule is CC(C)(C)c1csc(-c2csc(S(=O)(=O)NC3CCCC3)c2)n1. The van der Waals surface area contributed by atoms with E-state index in [1.54, 1.807) is 17.4 Å². The molecule has 0 atom stereocenters. The molecule has 1 aliphatic carbocycles. The van der Waals surface area contributed by atoms with Gasteiger partial charge in [0.05, 0.1) is 5.69 Å². The van der Waals surface area contributed by atoms with E-state index in [1.807, 2.05) is 5.38 Å². The molecule has 0 bridgehead atoms. The van der Waals surface area contributed by atoms with Crippen LogP contribution >= 0.6 is 22.7 Å². The van der Waals surface area contributed by atoms with E-state index >= 15 is 0 Å². The van der Waals surface area contributed by atoms with Crippen LogP contribution < -0.4 is 4.72 Å². The second-order valence-corrected chi connectivity index (χ2v) is 10.8. The lowest BCUT2D eigenvalue weighted by Crippen LogP contribution is -2.32. The highest BCUT2D eigenvalue weighted by Crippen LogP contribution is 2.33. The third-order valence-electron chi connectivity index (χ3n) is 4.04. The summed E-state index contributed by atoms with van der Waals surface area (Å²) < 4.78 is 28.2. The molecule has 4 nitrogen and oxygen atoms in total. The second kappa shape index (κ2) is 6.27. The van der Waals surface area contributed by atoms with Crippen molar-refractivity contribution in [3.05, 3.63) is 22.5 Å². The molecule has 2 aromatic heterocycles. The number of sulfonamides is 1. The first-order chi connectivity index (χ1) is 10.8. The third kappa shape index (κ3) is 3.84. The van der Waals surface area contributed by atoms with Gasteiger partial charge < -0.3 is 0 Å². The van der Waals surface area contributed by atoms with Gasteiger partial charge in [0.2, 0.25) is 10.0 Å².